The van der Waals surface area contributed by atoms with Crippen LogP contribution in [0.15, 0.2) is 0 Å². The number of halogens is 2. The van der Waals surface area contributed by atoms with Gasteiger partial charge in [-0.15, -0.1) is 11.8 Å². The molecule has 120 valence electrons. The number of carbonyl (C=O) groups excluding carboxylic acids is 1. The number of ether oxygens (including phenoxy) is 1. The summed E-state index contributed by atoms with van der Waals surface area (Å²) in [6.45, 7) is 8.52. The van der Waals surface area contributed by atoms with Gasteiger partial charge in [-0.1, -0.05) is 13.3 Å². The zero-order chi connectivity index (χ0) is 15.8. The van der Waals surface area contributed by atoms with E-state index in [9.17, 15) is 13.6 Å². The molecule has 1 unspecified atom stereocenters. The number of esters is 1. The number of hydrogen-bond donors (Lipinski definition) is 0. The minimum atomic E-state index is -2.58. The normalized spacial score (nSPS) is 14.2. The van der Waals surface area contributed by atoms with Crippen LogP contribution in [-0.2, 0) is 9.53 Å². The summed E-state index contributed by atoms with van der Waals surface area (Å²) in [6, 6.07) is 0. The van der Waals surface area contributed by atoms with Crippen molar-refractivity contribution in [3.63, 3.8) is 0 Å². The van der Waals surface area contributed by atoms with E-state index in [-0.39, 0.29) is 17.6 Å². The molecule has 0 heterocycles. The van der Waals surface area contributed by atoms with Crippen molar-refractivity contribution >= 4 is 17.7 Å². The Labute approximate surface area is 126 Å². The molecule has 0 aromatic heterocycles. The molecule has 0 N–H and O–H groups in total. The molecular formula is C15H28F2O2S. The molecule has 0 aromatic carbocycles. The summed E-state index contributed by atoms with van der Waals surface area (Å²) in [4.78, 5) is 12.0. The standard InChI is InChI=1S/C15H28F2O2S/c1-6-9-12(13(18)19-14(2,3)4)20-11-8-7-10-15(5,16)17/h12H,6-11H2,1-5H3. The minimum absolute atomic E-state index is 0.0849. The van der Waals surface area contributed by atoms with E-state index in [1.807, 2.05) is 27.7 Å². The van der Waals surface area contributed by atoms with Gasteiger partial charge in [-0.25, -0.2) is 8.78 Å². The third-order valence-electron chi connectivity index (χ3n) is 2.55. The van der Waals surface area contributed by atoms with Crippen molar-refractivity contribution in [2.75, 3.05) is 5.75 Å². The molecule has 0 radical (unpaired) electrons. The van der Waals surface area contributed by atoms with Crippen LogP contribution in [0.2, 0.25) is 0 Å². The number of thioether (sulfide) groups is 1. The first kappa shape index (κ1) is 19.7. The van der Waals surface area contributed by atoms with E-state index in [0.29, 0.717) is 12.8 Å². The lowest BCUT2D eigenvalue weighted by molar-refractivity contribution is -0.154. The molecule has 0 aromatic rings. The van der Waals surface area contributed by atoms with Gasteiger partial charge in [0, 0.05) is 6.42 Å². The van der Waals surface area contributed by atoms with Gasteiger partial charge in [0.25, 0.3) is 0 Å². The van der Waals surface area contributed by atoms with E-state index in [1.165, 1.54) is 11.8 Å². The van der Waals surface area contributed by atoms with Crippen LogP contribution in [0.1, 0.15) is 66.7 Å². The van der Waals surface area contributed by atoms with Crippen molar-refractivity contribution in [3.8, 4) is 0 Å². The average Bonchev–Trinajstić information content (AvgIpc) is 2.23. The highest BCUT2D eigenvalue weighted by atomic mass is 32.2. The minimum Gasteiger partial charge on any atom is -0.459 e. The van der Waals surface area contributed by atoms with Gasteiger partial charge in [0.15, 0.2) is 0 Å². The van der Waals surface area contributed by atoms with Crippen molar-refractivity contribution < 1.29 is 18.3 Å². The molecule has 0 saturated carbocycles. The van der Waals surface area contributed by atoms with Gasteiger partial charge < -0.3 is 4.74 Å². The Morgan fingerprint density at radius 2 is 1.80 bits per heavy atom. The Bertz CT molecular complexity index is 283. The third-order valence-corrected chi connectivity index (χ3v) is 3.90. The quantitative estimate of drug-likeness (QED) is 0.440. The molecule has 1 atom stereocenters. The van der Waals surface area contributed by atoms with Gasteiger partial charge in [-0.05, 0) is 52.7 Å². The third kappa shape index (κ3) is 11.5. The first-order chi connectivity index (χ1) is 9.05. The van der Waals surface area contributed by atoms with E-state index < -0.39 is 11.5 Å². The van der Waals surface area contributed by atoms with E-state index in [4.69, 9.17) is 4.74 Å². The van der Waals surface area contributed by atoms with Crippen molar-refractivity contribution in [2.45, 2.75) is 83.5 Å². The van der Waals surface area contributed by atoms with E-state index in [2.05, 4.69) is 0 Å². The lowest BCUT2D eigenvalue weighted by Crippen LogP contribution is -2.30. The second-order valence-corrected chi connectivity index (χ2v) is 7.52. The Morgan fingerprint density at radius 3 is 2.25 bits per heavy atom. The largest absolute Gasteiger partial charge is 0.459 e. The first-order valence-electron chi connectivity index (χ1n) is 7.27. The topological polar surface area (TPSA) is 26.3 Å². The SMILES string of the molecule is CCCC(SCCCCC(C)(F)F)C(=O)OC(C)(C)C. The fourth-order valence-electron chi connectivity index (χ4n) is 1.66. The van der Waals surface area contributed by atoms with Gasteiger partial charge in [-0.3, -0.25) is 4.79 Å². The lowest BCUT2D eigenvalue weighted by Gasteiger charge is -2.23. The average molecular weight is 310 g/mol. The Morgan fingerprint density at radius 1 is 1.20 bits per heavy atom. The van der Waals surface area contributed by atoms with Gasteiger partial charge in [0.1, 0.15) is 10.9 Å². The van der Waals surface area contributed by atoms with Gasteiger partial charge in [-0.2, -0.15) is 0 Å². The number of rotatable bonds is 9. The highest BCUT2D eigenvalue weighted by molar-refractivity contribution is 8.00. The predicted octanol–water partition coefficient (Wildman–Crippen LogP) is 5.06. The number of carbonyl (C=O) groups is 1. The summed E-state index contributed by atoms with van der Waals surface area (Å²) in [5.74, 6) is -2.05. The van der Waals surface area contributed by atoms with Crippen molar-refractivity contribution in [3.05, 3.63) is 0 Å². The summed E-state index contributed by atoms with van der Waals surface area (Å²) < 4.78 is 30.7. The van der Waals surface area contributed by atoms with Crippen LogP contribution in [-0.4, -0.2) is 28.5 Å². The maximum absolute atomic E-state index is 12.7. The molecule has 0 spiro atoms. The molecular weight excluding hydrogens is 282 g/mol. The van der Waals surface area contributed by atoms with Gasteiger partial charge >= 0.3 is 5.97 Å². The van der Waals surface area contributed by atoms with Crippen LogP contribution in [0.4, 0.5) is 8.78 Å². The second kappa shape index (κ2) is 8.85. The summed E-state index contributed by atoms with van der Waals surface area (Å²) >= 11 is 1.53. The highest BCUT2D eigenvalue weighted by Gasteiger charge is 2.25. The molecule has 0 aliphatic carbocycles. The number of alkyl halides is 2. The monoisotopic (exact) mass is 310 g/mol. The Kier molecular flexibility index (Phi) is 8.71. The Balaban J connectivity index is 4.06. The van der Waals surface area contributed by atoms with E-state index in [0.717, 1.165) is 25.5 Å². The molecule has 0 aliphatic heterocycles. The van der Waals surface area contributed by atoms with Crippen LogP contribution < -0.4 is 0 Å². The molecule has 20 heavy (non-hydrogen) atoms. The molecule has 0 rings (SSSR count). The van der Waals surface area contributed by atoms with Crippen molar-refractivity contribution in [1.29, 1.82) is 0 Å². The molecule has 0 fully saturated rings. The zero-order valence-electron chi connectivity index (χ0n) is 13.3. The van der Waals surface area contributed by atoms with Crippen LogP contribution >= 0.6 is 11.8 Å². The maximum Gasteiger partial charge on any atom is 0.319 e. The summed E-state index contributed by atoms with van der Waals surface area (Å²) in [5.41, 5.74) is -0.478. The summed E-state index contributed by atoms with van der Waals surface area (Å²) in [6.07, 6.45) is 2.78. The van der Waals surface area contributed by atoms with Crippen LogP contribution in [0.3, 0.4) is 0 Å². The smallest absolute Gasteiger partial charge is 0.319 e. The second-order valence-electron chi connectivity index (χ2n) is 6.21. The van der Waals surface area contributed by atoms with Gasteiger partial charge in [0.05, 0.1) is 0 Å². The Hall–Kier alpha value is -0.320. The van der Waals surface area contributed by atoms with Crippen molar-refractivity contribution in [1.82, 2.24) is 0 Å². The highest BCUT2D eigenvalue weighted by Crippen LogP contribution is 2.24. The van der Waals surface area contributed by atoms with E-state index >= 15 is 0 Å². The number of unbranched alkanes of at least 4 members (excludes halogenated alkanes) is 1. The van der Waals surface area contributed by atoms with E-state index in [1.54, 1.807) is 0 Å². The van der Waals surface area contributed by atoms with Crippen LogP contribution in [0, 0.1) is 0 Å². The molecule has 0 saturated heterocycles. The molecule has 0 bridgehead atoms. The summed E-state index contributed by atoms with van der Waals surface area (Å²) in [7, 11) is 0. The fraction of sp³-hybridized carbons (Fsp3) is 0.933. The molecule has 0 aliphatic rings. The number of hydrogen-bond acceptors (Lipinski definition) is 3. The predicted molar refractivity (Wildman–Crippen MR) is 81.5 cm³/mol. The summed E-state index contributed by atoms with van der Waals surface area (Å²) in [5, 5.41) is -0.179. The maximum atomic E-state index is 12.7. The molecule has 2 nitrogen and oxygen atoms in total. The first-order valence-corrected chi connectivity index (χ1v) is 8.32. The van der Waals surface area contributed by atoms with Crippen LogP contribution in [0.25, 0.3) is 0 Å². The fourth-order valence-corrected chi connectivity index (χ4v) is 2.90. The zero-order valence-corrected chi connectivity index (χ0v) is 14.1. The van der Waals surface area contributed by atoms with Crippen molar-refractivity contribution in [2.24, 2.45) is 0 Å². The molecule has 0 amide bonds. The van der Waals surface area contributed by atoms with Gasteiger partial charge in [0.2, 0.25) is 5.92 Å². The lowest BCUT2D eigenvalue weighted by atomic mass is 10.2. The van der Waals surface area contributed by atoms with Crippen LogP contribution in [0.5, 0.6) is 0 Å². The molecule has 5 heteroatoms.